The van der Waals surface area contributed by atoms with Crippen LogP contribution in [0.2, 0.25) is 0 Å². The molecule has 2 aromatic rings. The van der Waals surface area contributed by atoms with Crippen LogP contribution in [0.1, 0.15) is 6.92 Å². The van der Waals surface area contributed by atoms with Gasteiger partial charge in [-0.25, -0.2) is 0 Å². The second kappa shape index (κ2) is 5.52. The summed E-state index contributed by atoms with van der Waals surface area (Å²) in [6.45, 7) is 2.51. The van der Waals surface area contributed by atoms with Crippen LogP contribution >= 0.6 is 0 Å². The molecule has 0 saturated carbocycles. The number of nitrogens with two attached hydrogens (primary N) is 2. The second-order valence-electron chi connectivity index (χ2n) is 4.14. The third kappa shape index (κ3) is 2.73. The molecule has 4 heteroatoms. The molecular formula is C15H18N2O2. The lowest BCUT2D eigenvalue weighted by molar-refractivity contribution is 0.342. The second-order valence-corrected chi connectivity index (χ2v) is 4.14. The smallest absolute Gasteiger partial charge is 0.142 e. The van der Waals surface area contributed by atoms with E-state index in [1.807, 2.05) is 43.3 Å². The maximum Gasteiger partial charge on any atom is 0.142 e. The molecule has 2 rings (SSSR count). The molecule has 4 nitrogen and oxygen atoms in total. The lowest BCUT2D eigenvalue weighted by Gasteiger charge is -2.11. The van der Waals surface area contributed by atoms with E-state index in [1.165, 1.54) is 0 Å². The van der Waals surface area contributed by atoms with Gasteiger partial charge in [0.05, 0.1) is 25.1 Å². The molecule has 19 heavy (non-hydrogen) atoms. The van der Waals surface area contributed by atoms with Gasteiger partial charge in [0.25, 0.3) is 0 Å². The van der Waals surface area contributed by atoms with E-state index in [9.17, 15) is 0 Å². The fourth-order valence-corrected chi connectivity index (χ4v) is 1.89. The van der Waals surface area contributed by atoms with Gasteiger partial charge < -0.3 is 20.9 Å². The number of benzene rings is 2. The van der Waals surface area contributed by atoms with Crippen LogP contribution in [-0.4, -0.2) is 13.7 Å². The van der Waals surface area contributed by atoms with E-state index >= 15 is 0 Å². The normalized spacial score (nSPS) is 10.2. The zero-order valence-electron chi connectivity index (χ0n) is 11.1. The number of nitrogen functional groups attached to an aromatic ring is 2. The molecule has 2 aromatic carbocycles. The van der Waals surface area contributed by atoms with Crippen molar-refractivity contribution in [1.82, 2.24) is 0 Å². The SMILES string of the molecule is CCOc1cc(-c2ccc(N)c(OC)c2)ccc1N. The van der Waals surface area contributed by atoms with Crippen LogP contribution in [0.25, 0.3) is 11.1 Å². The van der Waals surface area contributed by atoms with Crippen LogP contribution < -0.4 is 20.9 Å². The Morgan fingerprint density at radius 3 is 1.95 bits per heavy atom. The number of hydrogen-bond donors (Lipinski definition) is 2. The topological polar surface area (TPSA) is 70.5 Å². The summed E-state index contributed by atoms with van der Waals surface area (Å²) < 4.78 is 10.7. The highest BCUT2D eigenvalue weighted by Gasteiger charge is 2.06. The average Bonchev–Trinajstić information content (AvgIpc) is 2.42. The monoisotopic (exact) mass is 258 g/mol. The molecule has 0 aliphatic carbocycles. The standard InChI is InChI=1S/C15H18N2O2/c1-3-19-15-9-11(5-7-13(15)17)10-4-6-12(16)14(8-10)18-2/h4-9H,3,16-17H2,1-2H3. The zero-order chi connectivity index (χ0) is 13.8. The van der Waals surface area contributed by atoms with Crippen LogP contribution in [0, 0.1) is 0 Å². The van der Waals surface area contributed by atoms with Crippen molar-refractivity contribution in [2.75, 3.05) is 25.2 Å². The fourth-order valence-electron chi connectivity index (χ4n) is 1.89. The van der Waals surface area contributed by atoms with Gasteiger partial charge in [0.1, 0.15) is 11.5 Å². The molecule has 4 N–H and O–H groups in total. The van der Waals surface area contributed by atoms with Crippen LogP contribution in [-0.2, 0) is 0 Å². The fraction of sp³-hybridized carbons (Fsp3) is 0.200. The minimum absolute atomic E-state index is 0.582. The van der Waals surface area contributed by atoms with E-state index in [0.29, 0.717) is 29.5 Å². The number of hydrogen-bond acceptors (Lipinski definition) is 4. The Morgan fingerprint density at radius 2 is 1.42 bits per heavy atom. The molecule has 100 valence electrons. The molecule has 0 amide bonds. The Bertz CT molecular complexity index is 582. The molecule has 0 spiro atoms. The van der Waals surface area contributed by atoms with Crippen molar-refractivity contribution in [3.63, 3.8) is 0 Å². The first-order chi connectivity index (χ1) is 9.15. The first-order valence-corrected chi connectivity index (χ1v) is 6.12. The van der Waals surface area contributed by atoms with Crippen molar-refractivity contribution in [3.8, 4) is 22.6 Å². The molecule has 0 aromatic heterocycles. The van der Waals surface area contributed by atoms with Gasteiger partial charge in [-0.3, -0.25) is 0 Å². The van der Waals surface area contributed by atoms with Crippen molar-refractivity contribution in [3.05, 3.63) is 36.4 Å². The Labute approximate surface area is 112 Å². The minimum Gasteiger partial charge on any atom is -0.495 e. The summed E-state index contributed by atoms with van der Waals surface area (Å²) in [5.41, 5.74) is 14.9. The molecule has 0 atom stereocenters. The van der Waals surface area contributed by atoms with E-state index in [2.05, 4.69) is 0 Å². The molecular weight excluding hydrogens is 240 g/mol. The van der Waals surface area contributed by atoms with Gasteiger partial charge in [-0.1, -0.05) is 12.1 Å². The summed E-state index contributed by atoms with van der Waals surface area (Å²) in [5, 5.41) is 0. The van der Waals surface area contributed by atoms with Gasteiger partial charge >= 0.3 is 0 Å². The van der Waals surface area contributed by atoms with Crippen molar-refractivity contribution in [2.24, 2.45) is 0 Å². The van der Waals surface area contributed by atoms with Crippen LogP contribution in [0.5, 0.6) is 11.5 Å². The van der Waals surface area contributed by atoms with E-state index in [1.54, 1.807) is 7.11 Å². The number of anilines is 2. The number of methoxy groups -OCH3 is 1. The lowest BCUT2D eigenvalue weighted by atomic mass is 10.0. The van der Waals surface area contributed by atoms with Crippen molar-refractivity contribution in [2.45, 2.75) is 6.92 Å². The van der Waals surface area contributed by atoms with Gasteiger partial charge in [0.15, 0.2) is 0 Å². The summed E-state index contributed by atoms with van der Waals surface area (Å²) in [5.74, 6) is 1.35. The van der Waals surface area contributed by atoms with E-state index in [-0.39, 0.29) is 0 Å². The highest BCUT2D eigenvalue weighted by molar-refractivity contribution is 5.73. The Balaban J connectivity index is 2.44. The molecule has 0 fully saturated rings. The largest absolute Gasteiger partial charge is 0.495 e. The molecule has 0 bridgehead atoms. The summed E-state index contributed by atoms with van der Waals surface area (Å²) in [7, 11) is 1.60. The van der Waals surface area contributed by atoms with Gasteiger partial charge in [0.2, 0.25) is 0 Å². The van der Waals surface area contributed by atoms with Gasteiger partial charge in [0, 0.05) is 0 Å². The predicted molar refractivity (Wildman–Crippen MR) is 78.4 cm³/mol. The Hall–Kier alpha value is -2.36. The molecule has 0 radical (unpaired) electrons. The Morgan fingerprint density at radius 1 is 0.895 bits per heavy atom. The van der Waals surface area contributed by atoms with Crippen molar-refractivity contribution >= 4 is 11.4 Å². The summed E-state index contributed by atoms with van der Waals surface area (Å²) >= 11 is 0. The number of rotatable bonds is 4. The van der Waals surface area contributed by atoms with Crippen LogP contribution in [0.15, 0.2) is 36.4 Å². The molecule has 0 aliphatic heterocycles. The quantitative estimate of drug-likeness (QED) is 0.827. The number of ether oxygens (including phenoxy) is 2. The Kier molecular flexibility index (Phi) is 3.80. The maximum atomic E-state index is 5.86. The third-order valence-electron chi connectivity index (χ3n) is 2.88. The van der Waals surface area contributed by atoms with Gasteiger partial charge in [-0.05, 0) is 42.3 Å². The molecule has 0 heterocycles. The predicted octanol–water partition coefficient (Wildman–Crippen LogP) is 2.93. The van der Waals surface area contributed by atoms with Gasteiger partial charge in [-0.15, -0.1) is 0 Å². The molecule has 0 unspecified atom stereocenters. The maximum absolute atomic E-state index is 5.86. The summed E-state index contributed by atoms with van der Waals surface area (Å²) in [6, 6.07) is 11.4. The van der Waals surface area contributed by atoms with Crippen molar-refractivity contribution in [1.29, 1.82) is 0 Å². The van der Waals surface area contributed by atoms with Crippen LogP contribution in [0.4, 0.5) is 11.4 Å². The van der Waals surface area contributed by atoms with E-state index in [0.717, 1.165) is 11.1 Å². The van der Waals surface area contributed by atoms with Crippen molar-refractivity contribution < 1.29 is 9.47 Å². The first kappa shape index (κ1) is 13.1. The highest BCUT2D eigenvalue weighted by Crippen LogP contribution is 2.32. The molecule has 0 aliphatic rings. The molecule has 0 saturated heterocycles. The highest BCUT2D eigenvalue weighted by atomic mass is 16.5. The minimum atomic E-state index is 0.582. The lowest BCUT2D eigenvalue weighted by Crippen LogP contribution is -1.97. The third-order valence-corrected chi connectivity index (χ3v) is 2.88. The average molecular weight is 258 g/mol. The van der Waals surface area contributed by atoms with E-state index < -0.39 is 0 Å². The summed E-state index contributed by atoms with van der Waals surface area (Å²) in [4.78, 5) is 0. The van der Waals surface area contributed by atoms with Gasteiger partial charge in [-0.2, -0.15) is 0 Å². The zero-order valence-corrected chi connectivity index (χ0v) is 11.1. The summed E-state index contributed by atoms with van der Waals surface area (Å²) in [6.07, 6.45) is 0. The van der Waals surface area contributed by atoms with E-state index in [4.69, 9.17) is 20.9 Å². The first-order valence-electron chi connectivity index (χ1n) is 6.12. The van der Waals surface area contributed by atoms with Crippen LogP contribution in [0.3, 0.4) is 0 Å².